The van der Waals surface area contributed by atoms with E-state index in [9.17, 15) is 8.42 Å². The van der Waals surface area contributed by atoms with E-state index >= 15 is 0 Å². The number of benzene rings is 1. The van der Waals surface area contributed by atoms with Gasteiger partial charge in [-0.3, -0.25) is 0 Å². The minimum atomic E-state index is -3.40. The summed E-state index contributed by atoms with van der Waals surface area (Å²) in [4.78, 5) is 0.416. The van der Waals surface area contributed by atoms with Crippen LogP contribution >= 0.6 is 0 Å². The molecule has 1 aliphatic rings. The van der Waals surface area contributed by atoms with E-state index in [1.165, 1.54) is 0 Å². The molecule has 0 aliphatic carbocycles. The third kappa shape index (κ3) is 3.22. The molecular weight excluding hydrogens is 272 g/mol. The number of rotatable bonds is 4. The summed E-state index contributed by atoms with van der Waals surface area (Å²) in [5, 5.41) is 0. The molecule has 1 aliphatic heterocycles. The van der Waals surface area contributed by atoms with Gasteiger partial charge in [-0.15, -0.1) is 0 Å². The predicted octanol–water partition coefficient (Wildman–Crippen LogP) is 2.20. The van der Waals surface area contributed by atoms with Crippen LogP contribution in [0.3, 0.4) is 0 Å². The smallest absolute Gasteiger partial charge is 0.243 e. The minimum Gasteiger partial charge on any atom is -0.330 e. The Labute approximate surface area is 122 Å². The zero-order valence-corrected chi connectivity index (χ0v) is 13.1. The fourth-order valence-corrected chi connectivity index (χ4v) is 4.90. The van der Waals surface area contributed by atoms with Crippen molar-refractivity contribution >= 4 is 10.0 Å². The Balaban J connectivity index is 2.36. The van der Waals surface area contributed by atoms with Crippen molar-refractivity contribution in [1.29, 1.82) is 0 Å². The van der Waals surface area contributed by atoms with E-state index in [4.69, 9.17) is 5.73 Å². The zero-order chi connectivity index (χ0) is 14.8. The van der Waals surface area contributed by atoms with Crippen molar-refractivity contribution in [1.82, 2.24) is 4.31 Å². The highest BCUT2D eigenvalue weighted by molar-refractivity contribution is 7.89. The Hall–Kier alpha value is -0.910. The number of hydrogen-bond acceptors (Lipinski definition) is 3. The largest absolute Gasteiger partial charge is 0.330 e. The number of nitrogens with two attached hydrogens (primary N) is 1. The van der Waals surface area contributed by atoms with Crippen LogP contribution in [-0.2, 0) is 10.0 Å². The van der Waals surface area contributed by atoms with Crippen LogP contribution < -0.4 is 5.73 Å². The van der Waals surface area contributed by atoms with Gasteiger partial charge in [-0.2, -0.15) is 4.31 Å². The van der Waals surface area contributed by atoms with E-state index in [-0.39, 0.29) is 6.04 Å². The fraction of sp³-hybridized carbons (Fsp3) is 0.600. The van der Waals surface area contributed by atoms with Crippen LogP contribution in [-0.4, -0.2) is 31.9 Å². The van der Waals surface area contributed by atoms with Crippen molar-refractivity contribution < 1.29 is 8.42 Å². The molecule has 0 bridgehead atoms. The van der Waals surface area contributed by atoms with Gasteiger partial charge < -0.3 is 5.73 Å². The van der Waals surface area contributed by atoms with E-state index in [1.54, 1.807) is 16.4 Å². The Bertz CT molecular complexity index is 547. The van der Waals surface area contributed by atoms with Gasteiger partial charge in [-0.05, 0) is 62.9 Å². The first kappa shape index (κ1) is 15.5. The molecule has 112 valence electrons. The second-order valence-corrected chi connectivity index (χ2v) is 7.56. The van der Waals surface area contributed by atoms with Crippen molar-refractivity contribution in [2.24, 2.45) is 5.73 Å². The van der Waals surface area contributed by atoms with Crippen molar-refractivity contribution in [3.8, 4) is 0 Å². The molecule has 20 heavy (non-hydrogen) atoms. The van der Waals surface area contributed by atoms with Crippen molar-refractivity contribution in [2.45, 2.75) is 50.5 Å². The normalized spacial score (nSPS) is 21.1. The molecule has 0 saturated carbocycles. The average Bonchev–Trinajstić information content (AvgIpc) is 2.38. The lowest BCUT2D eigenvalue weighted by atomic mass is 10.0. The lowest BCUT2D eigenvalue weighted by Crippen LogP contribution is -2.44. The quantitative estimate of drug-likeness (QED) is 0.926. The van der Waals surface area contributed by atoms with Gasteiger partial charge in [-0.25, -0.2) is 8.42 Å². The molecule has 0 aromatic heterocycles. The second kappa shape index (κ2) is 6.24. The first-order valence-corrected chi connectivity index (χ1v) is 8.69. The van der Waals surface area contributed by atoms with E-state index in [0.29, 0.717) is 18.0 Å². The molecular formula is C15H24N2O2S. The summed E-state index contributed by atoms with van der Waals surface area (Å²) in [6.45, 7) is 5.00. The minimum absolute atomic E-state index is 0.0552. The predicted molar refractivity (Wildman–Crippen MR) is 81.1 cm³/mol. The van der Waals surface area contributed by atoms with Gasteiger partial charge in [0.1, 0.15) is 0 Å². The van der Waals surface area contributed by atoms with Crippen LogP contribution in [0.15, 0.2) is 23.1 Å². The fourth-order valence-electron chi connectivity index (χ4n) is 2.99. The second-order valence-electron chi connectivity index (χ2n) is 5.67. The van der Waals surface area contributed by atoms with Crippen molar-refractivity contribution in [2.75, 3.05) is 13.1 Å². The van der Waals surface area contributed by atoms with Gasteiger partial charge >= 0.3 is 0 Å². The van der Waals surface area contributed by atoms with Crippen LogP contribution in [0.1, 0.15) is 36.8 Å². The maximum Gasteiger partial charge on any atom is 0.243 e. The summed E-state index contributed by atoms with van der Waals surface area (Å²) in [6, 6.07) is 5.57. The summed E-state index contributed by atoms with van der Waals surface area (Å²) < 4.78 is 27.4. The Morgan fingerprint density at radius 2 is 1.85 bits per heavy atom. The van der Waals surface area contributed by atoms with Gasteiger partial charge in [0.05, 0.1) is 4.90 Å². The first-order valence-electron chi connectivity index (χ1n) is 7.25. The Morgan fingerprint density at radius 1 is 1.20 bits per heavy atom. The Kier molecular flexibility index (Phi) is 4.83. The summed E-state index contributed by atoms with van der Waals surface area (Å²) in [5.74, 6) is 0. The molecule has 0 radical (unpaired) electrons. The average molecular weight is 296 g/mol. The molecule has 2 rings (SSSR count). The number of aryl methyl sites for hydroxylation is 2. The van der Waals surface area contributed by atoms with Crippen LogP contribution in [0.4, 0.5) is 0 Å². The standard InChI is InChI=1S/C15H24N2O2S/c1-12-9-13(2)11-15(10-12)20(18,19)17-8-4-3-5-14(17)6-7-16/h9-11,14H,3-8,16H2,1-2H3. The topological polar surface area (TPSA) is 63.4 Å². The number of sulfonamides is 1. The summed E-state index contributed by atoms with van der Waals surface area (Å²) >= 11 is 0. The molecule has 0 spiro atoms. The summed E-state index contributed by atoms with van der Waals surface area (Å²) in [6.07, 6.45) is 3.68. The highest BCUT2D eigenvalue weighted by atomic mass is 32.2. The number of piperidine rings is 1. The molecule has 2 N–H and O–H groups in total. The van der Waals surface area contributed by atoms with Crippen molar-refractivity contribution in [3.05, 3.63) is 29.3 Å². The highest BCUT2D eigenvalue weighted by Gasteiger charge is 2.33. The molecule has 4 nitrogen and oxygen atoms in total. The van der Waals surface area contributed by atoms with E-state index in [1.807, 2.05) is 19.9 Å². The maximum absolute atomic E-state index is 12.9. The zero-order valence-electron chi connectivity index (χ0n) is 12.3. The van der Waals surface area contributed by atoms with Crippen LogP contribution in [0.5, 0.6) is 0 Å². The lowest BCUT2D eigenvalue weighted by Gasteiger charge is -2.34. The molecule has 1 heterocycles. The van der Waals surface area contributed by atoms with Crippen LogP contribution in [0.25, 0.3) is 0 Å². The first-order chi connectivity index (χ1) is 9.45. The summed E-state index contributed by atoms with van der Waals surface area (Å²) in [5.41, 5.74) is 7.60. The molecule has 1 aromatic carbocycles. The maximum atomic E-state index is 12.9. The monoisotopic (exact) mass is 296 g/mol. The van der Waals surface area contributed by atoms with Gasteiger partial charge in [0, 0.05) is 12.6 Å². The molecule has 1 unspecified atom stereocenters. The van der Waals surface area contributed by atoms with Gasteiger partial charge in [0.25, 0.3) is 0 Å². The Morgan fingerprint density at radius 3 is 2.45 bits per heavy atom. The SMILES string of the molecule is Cc1cc(C)cc(S(=O)(=O)N2CCCCC2CCN)c1. The van der Waals surface area contributed by atoms with E-state index in [0.717, 1.165) is 36.8 Å². The summed E-state index contributed by atoms with van der Waals surface area (Å²) in [7, 11) is -3.40. The molecule has 1 saturated heterocycles. The molecule has 1 atom stereocenters. The van der Waals surface area contributed by atoms with E-state index < -0.39 is 10.0 Å². The highest BCUT2D eigenvalue weighted by Crippen LogP contribution is 2.27. The van der Waals surface area contributed by atoms with Crippen LogP contribution in [0.2, 0.25) is 0 Å². The van der Waals surface area contributed by atoms with Gasteiger partial charge in [-0.1, -0.05) is 12.5 Å². The molecule has 0 amide bonds. The third-order valence-electron chi connectivity index (χ3n) is 3.87. The molecule has 1 aromatic rings. The molecule has 5 heteroatoms. The third-order valence-corrected chi connectivity index (χ3v) is 5.80. The van der Waals surface area contributed by atoms with Gasteiger partial charge in [0.2, 0.25) is 10.0 Å². The lowest BCUT2D eigenvalue weighted by molar-refractivity contribution is 0.243. The van der Waals surface area contributed by atoms with Crippen molar-refractivity contribution in [3.63, 3.8) is 0 Å². The number of nitrogens with zero attached hydrogens (tertiary/aromatic N) is 1. The molecule has 1 fully saturated rings. The van der Waals surface area contributed by atoms with Crippen LogP contribution in [0, 0.1) is 13.8 Å². The number of hydrogen-bond donors (Lipinski definition) is 1. The van der Waals surface area contributed by atoms with Gasteiger partial charge in [0.15, 0.2) is 0 Å². The van der Waals surface area contributed by atoms with E-state index in [2.05, 4.69) is 0 Å².